The van der Waals surface area contributed by atoms with Crippen LogP contribution < -0.4 is 4.74 Å². The van der Waals surface area contributed by atoms with Gasteiger partial charge in [-0.2, -0.15) is 0 Å². The van der Waals surface area contributed by atoms with Gasteiger partial charge in [-0.05, 0) is 42.5 Å². The van der Waals surface area contributed by atoms with E-state index in [-0.39, 0.29) is 5.82 Å². The second kappa shape index (κ2) is 8.71. The first-order valence-corrected chi connectivity index (χ1v) is 10.5. The molecule has 0 unspecified atom stereocenters. The van der Waals surface area contributed by atoms with Crippen molar-refractivity contribution in [2.24, 2.45) is 0 Å². The van der Waals surface area contributed by atoms with Crippen LogP contribution in [0.1, 0.15) is 0 Å². The fraction of sp³-hybridized carbons (Fsp3) is 0.0909. The van der Waals surface area contributed by atoms with E-state index in [2.05, 4.69) is 26.1 Å². The van der Waals surface area contributed by atoms with Crippen molar-refractivity contribution < 1.29 is 9.13 Å². The highest BCUT2D eigenvalue weighted by molar-refractivity contribution is 9.10. The molecule has 0 aliphatic rings. The molecule has 0 fully saturated rings. The van der Waals surface area contributed by atoms with Crippen molar-refractivity contribution in [2.75, 3.05) is 12.4 Å². The molecule has 0 saturated heterocycles. The quantitative estimate of drug-likeness (QED) is 0.250. The van der Waals surface area contributed by atoms with Crippen molar-refractivity contribution in [3.05, 3.63) is 83.1 Å². The molecule has 0 N–H and O–H groups in total. The number of benzene rings is 3. The highest BCUT2D eigenvalue weighted by Crippen LogP contribution is 2.31. The highest BCUT2D eigenvalue weighted by Gasteiger charge is 2.11. The van der Waals surface area contributed by atoms with Gasteiger partial charge in [0.05, 0.1) is 6.61 Å². The van der Waals surface area contributed by atoms with Crippen LogP contribution in [0, 0.1) is 5.82 Å². The molecule has 4 rings (SSSR count). The molecular weight excluding hydrogens is 439 g/mol. The van der Waals surface area contributed by atoms with E-state index in [0.717, 1.165) is 43.0 Å². The minimum absolute atomic E-state index is 0.265. The molecule has 1 heterocycles. The number of nitrogens with zero attached hydrogens (tertiary/aromatic N) is 2. The molecule has 0 saturated carbocycles. The molecule has 28 heavy (non-hydrogen) atoms. The molecule has 4 aromatic rings. The van der Waals surface area contributed by atoms with Crippen molar-refractivity contribution in [2.45, 2.75) is 5.03 Å². The van der Waals surface area contributed by atoms with E-state index >= 15 is 0 Å². The van der Waals surface area contributed by atoms with Crippen molar-refractivity contribution in [1.29, 1.82) is 0 Å². The predicted molar refractivity (Wildman–Crippen MR) is 115 cm³/mol. The Hall–Kier alpha value is -2.44. The maximum absolute atomic E-state index is 13.2. The summed E-state index contributed by atoms with van der Waals surface area (Å²) in [5.74, 6) is 1.32. The van der Waals surface area contributed by atoms with Crippen LogP contribution in [0.3, 0.4) is 0 Å². The Bertz CT molecular complexity index is 1110. The topological polar surface area (TPSA) is 35.0 Å². The van der Waals surface area contributed by atoms with Gasteiger partial charge in [0.25, 0.3) is 0 Å². The van der Waals surface area contributed by atoms with E-state index in [1.165, 1.54) is 12.1 Å². The summed E-state index contributed by atoms with van der Waals surface area (Å²) in [6, 6.07) is 22.1. The Morgan fingerprint density at radius 2 is 1.68 bits per heavy atom. The lowest BCUT2D eigenvalue weighted by atomic mass is 10.1. The van der Waals surface area contributed by atoms with Gasteiger partial charge in [0.2, 0.25) is 0 Å². The largest absolute Gasteiger partial charge is 0.493 e. The van der Waals surface area contributed by atoms with Crippen LogP contribution in [-0.2, 0) is 0 Å². The van der Waals surface area contributed by atoms with Crippen LogP contribution in [0.15, 0.2) is 82.3 Å². The van der Waals surface area contributed by atoms with E-state index in [1.54, 1.807) is 23.9 Å². The summed E-state index contributed by atoms with van der Waals surface area (Å²) in [5, 5.41) is 11.7. The number of halogens is 2. The van der Waals surface area contributed by atoms with Gasteiger partial charge in [-0.25, -0.2) is 4.39 Å². The molecule has 140 valence electrons. The minimum atomic E-state index is -0.265. The van der Waals surface area contributed by atoms with Crippen LogP contribution in [0.5, 0.6) is 5.75 Å². The van der Waals surface area contributed by atoms with Gasteiger partial charge in [-0.3, -0.25) is 0 Å². The zero-order valence-corrected chi connectivity index (χ0v) is 17.2. The lowest BCUT2D eigenvalue weighted by molar-refractivity contribution is 0.343. The fourth-order valence-corrected chi connectivity index (χ4v) is 4.03. The summed E-state index contributed by atoms with van der Waals surface area (Å²) in [6.45, 7) is 0.566. The Balaban J connectivity index is 1.52. The third-order valence-corrected chi connectivity index (χ3v) is 5.60. The molecule has 0 atom stereocenters. The normalized spacial score (nSPS) is 10.9. The lowest BCUT2D eigenvalue weighted by Gasteiger charge is -2.10. The summed E-state index contributed by atoms with van der Waals surface area (Å²) < 4.78 is 20.0. The fourth-order valence-electron chi connectivity index (χ4n) is 2.86. The average molecular weight is 455 g/mol. The van der Waals surface area contributed by atoms with Crippen LogP contribution in [0.25, 0.3) is 22.0 Å². The zero-order chi connectivity index (χ0) is 19.3. The van der Waals surface area contributed by atoms with E-state index in [0.29, 0.717) is 6.61 Å². The molecule has 0 aliphatic heterocycles. The van der Waals surface area contributed by atoms with Gasteiger partial charge in [-0.1, -0.05) is 46.3 Å². The zero-order valence-electron chi connectivity index (χ0n) is 14.8. The van der Waals surface area contributed by atoms with E-state index in [9.17, 15) is 4.39 Å². The number of thioether (sulfide) groups is 1. The second-order valence-electron chi connectivity index (χ2n) is 6.06. The SMILES string of the molecule is Fc1ccc(-c2nnc(SCCOc3cccc(Br)c3)c3ccccc23)cc1. The molecule has 0 spiro atoms. The van der Waals surface area contributed by atoms with Crippen LogP contribution in [0.2, 0.25) is 0 Å². The van der Waals surface area contributed by atoms with Crippen LogP contribution in [-0.4, -0.2) is 22.6 Å². The summed E-state index contributed by atoms with van der Waals surface area (Å²) >= 11 is 5.05. The van der Waals surface area contributed by atoms with Gasteiger partial charge < -0.3 is 4.74 Å². The van der Waals surface area contributed by atoms with Crippen molar-refractivity contribution in [3.63, 3.8) is 0 Å². The van der Waals surface area contributed by atoms with Gasteiger partial charge >= 0.3 is 0 Å². The maximum Gasteiger partial charge on any atom is 0.127 e. The van der Waals surface area contributed by atoms with E-state index < -0.39 is 0 Å². The first-order valence-electron chi connectivity index (χ1n) is 8.73. The molecular formula is C22H16BrFN2OS. The number of hydrogen-bond acceptors (Lipinski definition) is 4. The van der Waals surface area contributed by atoms with Gasteiger partial charge in [0.1, 0.15) is 22.3 Å². The summed E-state index contributed by atoms with van der Waals surface area (Å²) in [5.41, 5.74) is 1.60. The standard InChI is InChI=1S/C22H16BrFN2OS/c23-16-4-3-5-18(14-16)27-12-13-28-22-20-7-2-1-6-19(20)21(25-26-22)15-8-10-17(24)11-9-15/h1-11,14H,12-13H2. The van der Waals surface area contributed by atoms with E-state index in [4.69, 9.17) is 4.74 Å². The number of rotatable bonds is 6. The summed E-state index contributed by atoms with van der Waals surface area (Å²) in [7, 11) is 0. The van der Waals surface area contributed by atoms with Gasteiger partial charge in [-0.15, -0.1) is 22.0 Å². The summed E-state index contributed by atoms with van der Waals surface area (Å²) in [4.78, 5) is 0. The van der Waals surface area contributed by atoms with Gasteiger partial charge in [0, 0.05) is 26.6 Å². The lowest BCUT2D eigenvalue weighted by Crippen LogP contribution is -2.01. The monoisotopic (exact) mass is 454 g/mol. The molecule has 0 amide bonds. The number of ether oxygens (including phenoxy) is 1. The number of hydrogen-bond donors (Lipinski definition) is 0. The van der Waals surface area contributed by atoms with Crippen molar-refractivity contribution in [3.8, 4) is 17.0 Å². The van der Waals surface area contributed by atoms with E-state index in [1.807, 2.05) is 48.5 Å². The highest BCUT2D eigenvalue weighted by atomic mass is 79.9. The smallest absolute Gasteiger partial charge is 0.127 e. The Morgan fingerprint density at radius 3 is 2.46 bits per heavy atom. The predicted octanol–water partition coefficient (Wildman–Crippen LogP) is 6.37. The first-order chi connectivity index (χ1) is 13.7. The molecule has 0 aliphatic carbocycles. The Morgan fingerprint density at radius 1 is 0.893 bits per heavy atom. The molecule has 6 heteroatoms. The third-order valence-electron chi connectivity index (χ3n) is 4.16. The maximum atomic E-state index is 13.2. The third kappa shape index (κ3) is 4.34. The van der Waals surface area contributed by atoms with Crippen LogP contribution >= 0.6 is 27.7 Å². The van der Waals surface area contributed by atoms with Crippen LogP contribution in [0.4, 0.5) is 4.39 Å². The Labute approximate surface area is 175 Å². The van der Waals surface area contributed by atoms with Crippen molar-refractivity contribution >= 4 is 38.5 Å². The summed E-state index contributed by atoms with van der Waals surface area (Å²) in [6.07, 6.45) is 0. The molecule has 3 aromatic carbocycles. The Kier molecular flexibility index (Phi) is 5.88. The van der Waals surface area contributed by atoms with Crippen molar-refractivity contribution in [1.82, 2.24) is 10.2 Å². The molecule has 0 radical (unpaired) electrons. The van der Waals surface area contributed by atoms with Gasteiger partial charge in [0.15, 0.2) is 0 Å². The number of fused-ring (bicyclic) bond motifs is 1. The molecule has 1 aromatic heterocycles. The average Bonchev–Trinajstić information content (AvgIpc) is 2.72. The molecule has 0 bridgehead atoms. The second-order valence-corrected chi connectivity index (χ2v) is 8.06. The first kappa shape index (κ1) is 18.9. The molecule has 3 nitrogen and oxygen atoms in total. The number of aromatic nitrogens is 2. The minimum Gasteiger partial charge on any atom is -0.493 e.